The lowest BCUT2D eigenvalue weighted by atomic mass is 9.97. The molecule has 11 heteroatoms. The Morgan fingerprint density at radius 3 is 1.97 bits per heavy atom. The van der Waals surface area contributed by atoms with Crippen LogP contribution in [0.2, 0.25) is 0 Å². The zero-order valence-electron chi connectivity index (χ0n) is 18.7. The summed E-state index contributed by atoms with van der Waals surface area (Å²) in [5.41, 5.74) is 16.9. The molecule has 0 aromatic rings. The average molecular weight is 445 g/mol. The van der Waals surface area contributed by atoms with E-state index in [9.17, 15) is 19.2 Å². The molecule has 4 atom stereocenters. The Morgan fingerprint density at radius 1 is 0.871 bits per heavy atom. The van der Waals surface area contributed by atoms with Gasteiger partial charge in [0.25, 0.3) is 0 Å². The van der Waals surface area contributed by atoms with Crippen LogP contribution in [0.4, 0.5) is 0 Å². The van der Waals surface area contributed by atoms with Crippen molar-refractivity contribution in [3.8, 4) is 0 Å². The Kier molecular flexibility index (Phi) is 15.3. The number of amides is 3. The van der Waals surface area contributed by atoms with Gasteiger partial charge in [0.2, 0.25) is 17.7 Å². The number of carbonyl (C=O) groups excluding carboxylic acids is 3. The molecule has 0 aliphatic heterocycles. The molecule has 11 nitrogen and oxygen atoms in total. The minimum absolute atomic E-state index is 0.239. The van der Waals surface area contributed by atoms with Crippen molar-refractivity contribution in [2.45, 2.75) is 76.9 Å². The molecule has 3 amide bonds. The molecule has 10 N–H and O–H groups in total. The summed E-state index contributed by atoms with van der Waals surface area (Å²) in [5, 5.41) is 16.4. The third kappa shape index (κ3) is 12.3. The molecule has 180 valence electrons. The molecule has 31 heavy (non-hydrogen) atoms. The van der Waals surface area contributed by atoms with E-state index in [1.807, 2.05) is 6.92 Å². The number of rotatable bonds is 17. The SMILES string of the molecule is CCC(C)C(NC(=O)C(CCCCN)NC(=O)C(N)CCCCN)C(=O)NCC(=O)O. The van der Waals surface area contributed by atoms with Gasteiger partial charge in [0.05, 0.1) is 6.04 Å². The van der Waals surface area contributed by atoms with Crippen molar-refractivity contribution >= 4 is 23.7 Å². The van der Waals surface area contributed by atoms with Crippen molar-refractivity contribution in [1.82, 2.24) is 16.0 Å². The highest BCUT2D eigenvalue weighted by molar-refractivity contribution is 5.93. The van der Waals surface area contributed by atoms with Gasteiger partial charge in [-0.3, -0.25) is 19.2 Å². The average Bonchev–Trinajstić information content (AvgIpc) is 2.74. The van der Waals surface area contributed by atoms with Crippen LogP contribution in [-0.2, 0) is 19.2 Å². The van der Waals surface area contributed by atoms with Gasteiger partial charge in [-0.05, 0) is 51.1 Å². The minimum Gasteiger partial charge on any atom is -0.480 e. The second kappa shape index (κ2) is 16.5. The first-order chi connectivity index (χ1) is 14.7. The molecule has 0 aromatic carbocycles. The van der Waals surface area contributed by atoms with Gasteiger partial charge in [-0.2, -0.15) is 0 Å². The summed E-state index contributed by atoms with van der Waals surface area (Å²) >= 11 is 0. The predicted octanol–water partition coefficient (Wildman–Crippen LogP) is -1.21. The van der Waals surface area contributed by atoms with E-state index in [0.29, 0.717) is 51.6 Å². The molecule has 0 aliphatic rings. The third-order valence-electron chi connectivity index (χ3n) is 5.09. The molecule has 0 spiro atoms. The number of carboxylic acids is 1. The van der Waals surface area contributed by atoms with Gasteiger partial charge in [0, 0.05) is 0 Å². The predicted molar refractivity (Wildman–Crippen MR) is 118 cm³/mol. The number of aliphatic carboxylic acids is 1. The maximum atomic E-state index is 12.9. The summed E-state index contributed by atoms with van der Waals surface area (Å²) in [7, 11) is 0. The van der Waals surface area contributed by atoms with E-state index in [4.69, 9.17) is 22.3 Å². The summed E-state index contributed by atoms with van der Waals surface area (Å²) < 4.78 is 0. The van der Waals surface area contributed by atoms with Crippen molar-refractivity contribution < 1.29 is 24.3 Å². The largest absolute Gasteiger partial charge is 0.480 e. The van der Waals surface area contributed by atoms with Crippen LogP contribution in [0.15, 0.2) is 0 Å². The number of nitrogens with one attached hydrogen (secondary N) is 3. The van der Waals surface area contributed by atoms with Crippen LogP contribution in [0, 0.1) is 5.92 Å². The van der Waals surface area contributed by atoms with Gasteiger partial charge < -0.3 is 38.3 Å². The number of carbonyl (C=O) groups is 4. The van der Waals surface area contributed by atoms with Crippen molar-refractivity contribution in [2.24, 2.45) is 23.1 Å². The Bertz CT molecular complexity index is 574. The van der Waals surface area contributed by atoms with E-state index in [-0.39, 0.29) is 5.92 Å². The summed E-state index contributed by atoms with van der Waals surface area (Å²) in [6, 6.07) is -2.57. The van der Waals surface area contributed by atoms with Crippen molar-refractivity contribution in [3.63, 3.8) is 0 Å². The van der Waals surface area contributed by atoms with Crippen LogP contribution in [0.3, 0.4) is 0 Å². The zero-order valence-corrected chi connectivity index (χ0v) is 18.7. The van der Waals surface area contributed by atoms with Gasteiger partial charge in [-0.15, -0.1) is 0 Å². The normalized spacial score (nSPS) is 14.7. The van der Waals surface area contributed by atoms with Gasteiger partial charge in [0.1, 0.15) is 18.6 Å². The van der Waals surface area contributed by atoms with Gasteiger partial charge >= 0.3 is 5.97 Å². The number of hydrogen-bond donors (Lipinski definition) is 7. The molecule has 0 fully saturated rings. The van der Waals surface area contributed by atoms with Crippen molar-refractivity contribution in [3.05, 3.63) is 0 Å². The van der Waals surface area contributed by atoms with Crippen LogP contribution < -0.4 is 33.2 Å². The van der Waals surface area contributed by atoms with E-state index in [0.717, 1.165) is 6.42 Å². The highest BCUT2D eigenvalue weighted by Gasteiger charge is 2.30. The lowest BCUT2D eigenvalue weighted by Gasteiger charge is -2.27. The first kappa shape index (κ1) is 28.8. The summed E-state index contributed by atoms with van der Waals surface area (Å²) in [5.74, 6) is -2.97. The summed E-state index contributed by atoms with van der Waals surface area (Å²) in [4.78, 5) is 48.5. The molecule has 0 radical (unpaired) electrons. The molecule has 0 aliphatic carbocycles. The van der Waals surface area contributed by atoms with Gasteiger partial charge in [-0.25, -0.2) is 0 Å². The third-order valence-corrected chi connectivity index (χ3v) is 5.09. The topological polar surface area (TPSA) is 203 Å². The molecule has 0 bridgehead atoms. The van der Waals surface area contributed by atoms with Gasteiger partial charge in [0.15, 0.2) is 0 Å². The Balaban J connectivity index is 5.21. The van der Waals surface area contributed by atoms with E-state index in [2.05, 4.69) is 16.0 Å². The fourth-order valence-electron chi connectivity index (χ4n) is 2.91. The zero-order chi connectivity index (χ0) is 23.8. The highest BCUT2D eigenvalue weighted by atomic mass is 16.4. The summed E-state index contributed by atoms with van der Waals surface area (Å²) in [6.45, 7) is 4.05. The maximum Gasteiger partial charge on any atom is 0.322 e. The smallest absolute Gasteiger partial charge is 0.322 e. The van der Waals surface area contributed by atoms with E-state index in [1.54, 1.807) is 6.92 Å². The second-order valence-electron chi connectivity index (χ2n) is 7.72. The fraction of sp³-hybridized carbons (Fsp3) is 0.800. The molecular formula is C20H40N6O5. The number of unbranched alkanes of at least 4 members (excludes halogenated alkanes) is 2. The van der Waals surface area contributed by atoms with Crippen LogP contribution in [0.25, 0.3) is 0 Å². The van der Waals surface area contributed by atoms with Gasteiger partial charge in [-0.1, -0.05) is 26.7 Å². The Hall–Kier alpha value is -2.24. The molecule has 0 saturated heterocycles. The van der Waals surface area contributed by atoms with E-state index >= 15 is 0 Å². The lowest BCUT2D eigenvalue weighted by molar-refractivity contribution is -0.139. The molecule has 0 heterocycles. The molecule has 0 rings (SSSR count). The minimum atomic E-state index is -1.18. The highest BCUT2D eigenvalue weighted by Crippen LogP contribution is 2.10. The van der Waals surface area contributed by atoms with E-state index < -0.39 is 48.4 Å². The van der Waals surface area contributed by atoms with Crippen LogP contribution in [-0.4, -0.2) is 66.6 Å². The molecule has 0 saturated carbocycles. The molecular weight excluding hydrogens is 404 g/mol. The van der Waals surface area contributed by atoms with Crippen molar-refractivity contribution in [1.29, 1.82) is 0 Å². The van der Waals surface area contributed by atoms with Crippen molar-refractivity contribution in [2.75, 3.05) is 19.6 Å². The van der Waals surface area contributed by atoms with Crippen LogP contribution in [0.1, 0.15) is 58.8 Å². The second-order valence-corrected chi connectivity index (χ2v) is 7.72. The maximum absolute atomic E-state index is 12.9. The Morgan fingerprint density at radius 2 is 1.45 bits per heavy atom. The number of hydrogen-bond acceptors (Lipinski definition) is 7. The number of carboxylic acid groups (broad SMARTS) is 1. The first-order valence-electron chi connectivity index (χ1n) is 10.9. The first-order valence-corrected chi connectivity index (χ1v) is 10.9. The lowest BCUT2D eigenvalue weighted by Crippen LogP contribution is -2.57. The fourth-order valence-corrected chi connectivity index (χ4v) is 2.91. The monoisotopic (exact) mass is 444 g/mol. The quantitative estimate of drug-likeness (QED) is 0.135. The Labute approximate surface area is 184 Å². The standard InChI is InChI=1S/C20H40N6O5/c1-3-13(2)17(20(31)24-12-16(27)28)26-19(30)15(9-5-7-11-22)25-18(29)14(23)8-4-6-10-21/h13-15,17H,3-12,21-23H2,1-2H3,(H,24,31)(H,25,29)(H,26,30)(H,27,28). The van der Waals surface area contributed by atoms with E-state index in [1.165, 1.54) is 0 Å². The summed E-state index contributed by atoms with van der Waals surface area (Å²) in [6.07, 6.45) is 4.12. The molecule has 0 aromatic heterocycles. The number of nitrogens with two attached hydrogens (primary N) is 3. The molecule has 4 unspecified atom stereocenters. The van der Waals surface area contributed by atoms with Crippen LogP contribution in [0.5, 0.6) is 0 Å². The van der Waals surface area contributed by atoms with Crippen LogP contribution >= 0.6 is 0 Å².